The summed E-state index contributed by atoms with van der Waals surface area (Å²) >= 11 is 0. The number of hydrogen-bond acceptors (Lipinski definition) is 3. The van der Waals surface area contributed by atoms with Gasteiger partial charge in [-0.25, -0.2) is 9.59 Å². The molecular weight excluding hydrogens is 200 g/mol. The van der Waals surface area contributed by atoms with Gasteiger partial charge < -0.3 is 14.8 Å². The lowest BCUT2D eigenvalue weighted by Crippen LogP contribution is -2.15. The van der Waals surface area contributed by atoms with E-state index >= 15 is 0 Å². The standard InChI is InChI=1S/C9H12N2O4/c1-3-15-9(14)11-6-4-10-5(2)7(6)8(12)13/h4,10H,3H2,1-2H3,(H,11,14)(H,12,13). The Balaban J connectivity index is 2.86. The van der Waals surface area contributed by atoms with Crippen molar-refractivity contribution in [2.45, 2.75) is 13.8 Å². The number of anilines is 1. The zero-order valence-electron chi connectivity index (χ0n) is 8.46. The van der Waals surface area contributed by atoms with Gasteiger partial charge in [-0.1, -0.05) is 0 Å². The number of aryl methyl sites for hydroxylation is 1. The number of aromatic nitrogens is 1. The molecule has 0 radical (unpaired) electrons. The molecule has 1 rings (SSSR count). The normalized spacial score (nSPS) is 9.73. The fourth-order valence-corrected chi connectivity index (χ4v) is 1.18. The molecular formula is C9H12N2O4. The topological polar surface area (TPSA) is 91.4 Å². The molecule has 0 unspecified atom stereocenters. The van der Waals surface area contributed by atoms with Gasteiger partial charge in [-0.05, 0) is 13.8 Å². The molecule has 0 aromatic carbocycles. The molecule has 6 nitrogen and oxygen atoms in total. The summed E-state index contributed by atoms with van der Waals surface area (Å²) in [5.74, 6) is -1.10. The lowest BCUT2D eigenvalue weighted by Gasteiger charge is -2.04. The third-order valence-corrected chi connectivity index (χ3v) is 1.80. The maximum atomic E-state index is 11.1. The second-order valence-corrected chi connectivity index (χ2v) is 2.85. The molecule has 1 aromatic rings. The molecule has 1 aromatic heterocycles. The van der Waals surface area contributed by atoms with Crippen LogP contribution in [-0.2, 0) is 4.74 Å². The van der Waals surface area contributed by atoms with Gasteiger partial charge in [0, 0.05) is 11.9 Å². The summed E-state index contributed by atoms with van der Waals surface area (Å²) in [5.41, 5.74) is 0.732. The Morgan fingerprint density at radius 1 is 1.60 bits per heavy atom. The highest BCUT2D eigenvalue weighted by Gasteiger charge is 2.17. The molecule has 1 heterocycles. The van der Waals surface area contributed by atoms with Crippen molar-refractivity contribution in [3.05, 3.63) is 17.5 Å². The van der Waals surface area contributed by atoms with Crippen LogP contribution in [0.4, 0.5) is 10.5 Å². The number of hydrogen-bond donors (Lipinski definition) is 3. The number of aromatic amines is 1. The third kappa shape index (κ3) is 2.49. The Morgan fingerprint density at radius 2 is 2.27 bits per heavy atom. The minimum Gasteiger partial charge on any atom is -0.478 e. The smallest absolute Gasteiger partial charge is 0.411 e. The summed E-state index contributed by atoms with van der Waals surface area (Å²) in [6.45, 7) is 3.51. The second-order valence-electron chi connectivity index (χ2n) is 2.85. The first-order chi connectivity index (χ1) is 7.06. The van der Waals surface area contributed by atoms with Crippen molar-refractivity contribution in [2.24, 2.45) is 0 Å². The van der Waals surface area contributed by atoms with Crippen LogP contribution in [0.25, 0.3) is 0 Å². The van der Waals surface area contributed by atoms with Gasteiger partial charge in [-0.2, -0.15) is 0 Å². The van der Waals surface area contributed by atoms with Crippen LogP contribution in [0.2, 0.25) is 0 Å². The predicted molar refractivity (Wildman–Crippen MR) is 53.1 cm³/mol. The average molecular weight is 212 g/mol. The number of H-pyrrole nitrogens is 1. The van der Waals surface area contributed by atoms with Crippen molar-refractivity contribution in [3.8, 4) is 0 Å². The number of carboxylic acids is 1. The van der Waals surface area contributed by atoms with E-state index in [4.69, 9.17) is 5.11 Å². The number of carbonyl (C=O) groups excluding carboxylic acids is 1. The Hall–Kier alpha value is -1.98. The summed E-state index contributed by atoms with van der Waals surface area (Å²) in [6.07, 6.45) is 0.745. The lowest BCUT2D eigenvalue weighted by atomic mass is 10.2. The van der Waals surface area contributed by atoms with Crippen molar-refractivity contribution in [3.63, 3.8) is 0 Å². The first kappa shape index (κ1) is 11.1. The molecule has 0 aliphatic heterocycles. The van der Waals surface area contributed by atoms with Gasteiger partial charge in [0.1, 0.15) is 5.56 Å². The van der Waals surface area contributed by atoms with Crippen LogP contribution in [-0.4, -0.2) is 28.8 Å². The largest absolute Gasteiger partial charge is 0.478 e. The summed E-state index contributed by atoms with van der Waals surface area (Å²) in [5, 5.41) is 11.2. The molecule has 82 valence electrons. The fraction of sp³-hybridized carbons (Fsp3) is 0.333. The molecule has 0 bridgehead atoms. The van der Waals surface area contributed by atoms with Crippen LogP contribution in [0.3, 0.4) is 0 Å². The highest BCUT2D eigenvalue weighted by atomic mass is 16.5. The first-order valence-corrected chi connectivity index (χ1v) is 4.41. The van der Waals surface area contributed by atoms with Gasteiger partial charge in [0.15, 0.2) is 0 Å². The van der Waals surface area contributed by atoms with Crippen molar-refractivity contribution < 1.29 is 19.4 Å². The predicted octanol–water partition coefficient (Wildman–Crippen LogP) is 1.59. The maximum Gasteiger partial charge on any atom is 0.411 e. The summed E-state index contributed by atoms with van der Waals surface area (Å²) in [6, 6.07) is 0. The number of carbonyl (C=O) groups is 2. The molecule has 0 atom stereocenters. The van der Waals surface area contributed by atoms with Gasteiger partial charge >= 0.3 is 12.1 Å². The van der Waals surface area contributed by atoms with Crippen LogP contribution in [0.1, 0.15) is 23.0 Å². The van der Waals surface area contributed by atoms with Crippen LogP contribution in [0.15, 0.2) is 6.20 Å². The van der Waals surface area contributed by atoms with Gasteiger partial charge in [0.05, 0.1) is 12.3 Å². The summed E-state index contributed by atoms with van der Waals surface area (Å²) in [7, 11) is 0. The molecule has 15 heavy (non-hydrogen) atoms. The molecule has 0 fully saturated rings. The van der Waals surface area contributed by atoms with Crippen molar-refractivity contribution in [2.75, 3.05) is 11.9 Å². The Labute approximate surface area is 86.2 Å². The van der Waals surface area contributed by atoms with E-state index < -0.39 is 12.1 Å². The number of carboxylic acid groups (broad SMARTS) is 1. The van der Waals surface area contributed by atoms with E-state index in [0.29, 0.717) is 5.69 Å². The Kier molecular flexibility index (Phi) is 3.33. The van der Waals surface area contributed by atoms with E-state index in [1.54, 1.807) is 13.8 Å². The first-order valence-electron chi connectivity index (χ1n) is 4.41. The zero-order chi connectivity index (χ0) is 11.4. The minimum atomic E-state index is -1.10. The Bertz CT molecular complexity index is 383. The van der Waals surface area contributed by atoms with Crippen LogP contribution >= 0.6 is 0 Å². The van der Waals surface area contributed by atoms with E-state index in [2.05, 4.69) is 15.0 Å². The number of nitrogens with one attached hydrogen (secondary N) is 2. The maximum absolute atomic E-state index is 11.1. The van der Waals surface area contributed by atoms with Gasteiger partial charge in [0.2, 0.25) is 0 Å². The molecule has 1 amide bonds. The summed E-state index contributed by atoms with van der Waals surface area (Å²) in [4.78, 5) is 24.6. The van der Waals surface area contributed by atoms with Crippen molar-refractivity contribution in [1.29, 1.82) is 0 Å². The minimum absolute atomic E-state index is 0.0445. The fourth-order valence-electron chi connectivity index (χ4n) is 1.18. The second kappa shape index (κ2) is 4.50. The van der Waals surface area contributed by atoms with Crippen LogP contribution < -0.4 is 5.32 Å². The van der Waals surface area contributed by atoms with E-state index in [1.165, 1.54) is 6.20 Å². The van der Waals surface area contributed by atoms with Crippen molar-refractivity contribution >= 4 is 17.7 Å². The molecule has 0 aliphatic rings. The highest BCUT2D eigenvalue weighted by Crippen LogP contribution is 2.18. The van der Waals surface area contributed by atoms with Crippen LogP contribution in [0.5, 0.6) is 0 Å². The number of ether oxygens (including phenoxy) is 1. The Morgan fingerprint density at radius 3 is 2.80 bits per heavy atom. The number of amides is 1. The quantitative estimate of drug-likeness (QED) is 0.709. The van der Waals surface area contributed by atoms with Gasteiger partial charge in [0.25, 0.3) is 0 Å². The molecule has 6 heteroatoms. The molecule has 0 spiro atoms. The molecule has 0 saturated carbocycles. The number of aromatic carboxylic acids is 1. The SMILES string of the molecule is CCOC(=O)Nc1c[nH]c(C)c1C(=O)O. The average Bonchev–Trinajstić information content (AvgIpc) is 2.47. The monoisotopic (exact) mass is 212 g/mol. The van der Waals surface area contributed by atoms with E-state index in [-0.39, 0.29) is 17.9 Å². The third-order valence-electron chi connectivity index (χ3n) is 1.80. The summed E-state index contributed by atoms with van der Waals surface area (Å²) < 4.78 is 4.63. The van der Waals surface area contributed by atoms with Crippen molar-refractivity contribution in [1.82, 2.24) is 4.98 Å². The van der Waals surface area contributed by atoms with E-state index in [9.17, 15) is 9.59 Å². The molecule has 0 saturated heterocycles. The zero-order valence-corrected chi connectivity index (χ0v) is 8.46. The lowest BCUT2D eigenvalue weighted by molar-refractivity contribution is 0.0697. The molecule has 3 N–H and O–H groups in total. The van der Waals surface area contributed by atoms with Crippen LogP contribution in [0, 0.1) is 6.92 Å². The molecule has 0 aliphatic carbocycles. The number of rotatable bonds is 3. The highest BCUT2D eigenvalue weighted by molar-refractivity contribution is 5.99. The van der Waals surface area contributed by atoms with Gasteiger partial charge in [-0.15, -0.1) is 0 Å². The van der Waals surface area contributed by atoms with E-state index in [1.807, 2.05) is 0 Å². The van der Waals surface area contributed by atoms with Gasteiger partial charge in [-0.3, -0.25) is 5.32 Å². The van der Waals surface area contributed by atoms with E-state index in [0.717, 1.165) is 0 Å².